The Morgan fingerprint density at radius 3 is 2.58 bits per heavy atom. The van der Waals surface area contributed by atoms with E-state index in [1.807, 2.05) is 23.6 Å². The number of fused-ring (bicyclic) bond motifs is 1. The van der Waals surface area contributed by atoms with Crippen molar-refractivity contribution < 1.29 is 8.42 Å². The Labute approximate surface area is 186 Å². The molecule has 1 aromatic carbocycles. The highest BCUT2D eigenvalue weighted by molar-refractivity contribution is 7.94. The Hall–Kier alpha value is -2.43. The summed E-state index contributed by atoms with van der Waals surface area (Å²) in [5, 5.41) is 13.1. The number of anilines is 4. The largest absolute Gasteiger partial charge is 0.351 e. The predicted octanol–water partition coefficient (Wildman–Crippen LogP) is 4.14. The highest BCUT2D eigenvalue weighted by atomic mass is 32.2. The van der Waals surface area contributed by atoms with Gasteiger partial charge in [0.15, 0.2) is 0 Å². The zero-order chi connectivity index (χ0) is 22.1. The van der Waals surface area contributed by atoms with Gasteiger partial charge in [0, 0.05) is 11.7 Å². The first-order valence-corrected chi connectivity index (χ1v) is 12.7. The molecule has 31 heavy (non-hydrogen) atoms. The maximum Gasteiger partial charge on any atom is 0.237 e. The summed E-state index contributed by atoms with van der Waals surface area (Å²) in [4.78, 5) is 10.3. The van der Waals surface area contributed by atoms with Gasteiger partial charge < -0.3 is 16.0 Å². The van der Waals surface area contributed by atoms with Crippen LogP contribution >= 0.6 is 11.3 Å². The fourth-order valence-corrected chi connectivity index (χ4v) is 4.78. The fraction of sp³-hybridized carbons (Fsp3) is 0.429. The Balaban J connectivity index is 1.59. The first kappa shape index (κ1) is 21.8. The Morgan fingerprint density at radius 1 is 1.10 bits per heavy atom. The number of nitrogens with zero attached hydrogens (tertiary/aromatic N) is 2. The van der Waals surface area contributed by atoms with Crippen LogP contribution in [0.3, 0.4) is 0 Å². The van der Waals surface area contributed by atoms with Crippen molar-refractivity contribution in [2.24, 2.45) is 0 Å². The number of nitrogens with one attached hydrogen (secondary N) is 4. The van der Waals surface area contributed by atoms with Gasteiger partial charge in [-0.25, -0.2) is 13.4 Å². The SMILES string of the molecule is CC(C)(C)S(=O)(=O)Nc1cccc(Nc2nc(NC3CCNCC3)nc3sccc23)c1. The van der Waals surface area contributed by atoms with Gasteiger partial charge >= 0.3 is 0 Å². The van der Waals surface area contributed by atoms with Crippen LogP contribution in [0.2, 0.25) is 0 Å². The fourth-order valence-electron chi connectivity index (χ4n) is 3.27. The summed E-state index contributed by atoms with van der Waals surface area (Å²) < 4.78 is 26.8. The summed E-state index contributed by atoms with van der Waals surface area (Å²) in [5.74, 6) is 1.30. The molecule has 1 fully saturated rings. The molecular formula is C21H28N6O2S2. The first-order chi connectivity index (χ1) is 14.7. The smallest absolute Gasteiger partial charge is 0.237 e. The summed E-state index contributed by atoms with van der Waals surface area (Å²) >= 11 is 1.57. The van der Waals surface area contributed by atoms with Crippen LogP contribution in [0.1, 0.15) is 33.6 Å². The summed E-state index contributed by atoms with van der Waals surface area (Å²) in [6.45, 7) is 6.98. The molecule has 1 aliphatic heterocycles. The molecule has 0 bridgehead atoms. The zero-order valence-electron chi connectivity index (χ0n) is 17.9. The third kappa shape index (κ3) is 5.08. The van der Waals surface area contributed by atoms with Crippen LogP contribution in [-0.4, -0.2) is 42.3 Å². The highest BCUT2D eigenvalue weighted by Crippen LogP contribution is 2.30. The van der Waals surface area contributed by atoms with E-state index in [4.69, 9.17) is 4.98 Å². The van der Waals surface area contributed by atoms with Crippen molar-refractivity contribution in [2.45, 2.75) is 44.4 Å². The van der Waals surface area contributed by atoms with Crippen LogP contribution in [0, 0.1) is 0 Å². The second-order valence-corrected chi connectivity index (χ2v) is 12.0. The summed E-state index contributed by atoms with van der Waals surface area (Å²) in [5.41, 5.74) is 1.25. The molecule has 4 rings (SSSR count). The van der Waals surface area contributed by atoms with E-state index >= 15 is 0 Å². The molecule has 3 aromatic rings. The number of sulfonamides is 1. The van der Waals surface area contributed by atoms with Crippen LogP contribution in [0.25, 0.3) is 10.2 Å². The van der Waals surface area contributed by atoms with Gasteiger partial charge in [0.05, 0.1) is 15.8 Å². The van der Waals surface area contributed by atoms with Gasteiger partial charge in [-0.1, -0.05) is 6.07 Å². The lowest BCUT2D eigenvalue weighted by Gasteiger charge is -2.24. The van der Waals surface area contributed by atoms with E-state index in [1.165, 1.54) is 0 Å². The van der Waals surface area contributed by atoms with Crippen molar-refractivity contribution in [2.75, 3.05) is 28.4 Å². The molecule has 0 atom stereocenters. The molecule has 0 amide bonds. The van der Waals surface area contributed by atoms with E-state index in [0.717, 1.165) is 41.8 Å². The average Bonchev–Trinajstić information content (AvgIpc) is 3.17. The maximum absolute atomic E-state index is 12.5. The predicted molar refractivity (Wildman–Crippen MR) is 129 cm³/mol. The van der Waals surface area contributed by atoms with E-state index in [9.17, 15) is 8.42 Å². The molecular weight excluding hydrogens is 432 g/mol. The topological polar surface area (TPSA) is 108 Å². The number of benzene rings is 1. The third-order valence-corrected chi connectivity index (χ3v) is 8.10. The van der Waals surface area contributed by atoms with Gasteiger partial charge in [-0.05, 0) is 76.3 Å². The lowest BCUT2D eigenvalue weighted by Crippen LogP contribution is -2.35. The van der Waals surface area contributed by atoms with Crippen molar-refractivity contribution in [3.63, 3.8) is 0 Å². The highest BCUT2D eigenvalue weighted by Gasteiger charge is 2.28. The van der Waals surface area contributed by atoms with Gasteiger partial charge in [0.2, 0.25) is 16.0 Å². The Morgan fingerprint density at radius 2 is 1.84 bits per heavy atom. The number of hydrogen-bond acceptors (Lipinski definition) is 8. The normalized spacial score (nSPS) is 15.7. The minimum Gasteiger partial charge on any atom is -0.351 e. The van der Waals surface area contributed by atoms with Crippen LogP contribution in [0.4, 0.5) is 23.1 Å². The molecule has 166 valence electrons. The summed E-state index contributed by atoms with van der Waals surface area (Å²) in [6, 6.07) is 9.53. The van der Waals surface area contributed by atoms with Crippen molar-refractivity contribution >= 4 is 54.7 Å². The first-order valence-electron chi connectivity index (χ1n) is 10.3. The Kier molecular flexibility index (Phi) is 6.05. The van der Waals surface area contributed by atoms with Crippen LogP contribution in [0.5, 0.6) is 0 Å². The lowest BCUT2D eigenvalue weighted by atomic mass is 10.1. The quantitative estimate of drug-likeness (QED) is 0.438. The van der Waals surface area contributed by atoms with Gasteiger partial charge in [-0.2, -0.15) is 4.98 Å². The zero-order valence-corrected chi connectivity index (χ0v) is 19.5. The molecule has 0 saturated carbocycles. The molecule has 0 aliphatic carbocycles. The standard InChI is InChI=1S/C21H28N6O2S2/c1-21(2,3)31(28,29)27-16-6-4-5-15(13-16)23-18-17-9-12-30-19(17)26-20(25-18)24-14-7-10-22-11-8-14/h4-6,9,12-14,22,27H,7-8,10-11H2,1-3H3,(H2,23,24,25,26). The third-order valence-electron chi connectivity index (χ3n) is 5.18. The molecule has 1 saturated heterocycles. The van der Waals surface area contributed by atoms with Gasteiger partial charge in [0.1, 0.15) is 10.6 Å². The summed E-state index contributed by atoms with van der Waals surface area (Å²) in [7, 11) is -3.51. The maximum atomic E-state index is 12.5. The molecule has 0 spiro atoms. The van der Waals surface area contributed by atoms with Gasteiger partial charge in [0.25, 0.3) is 0 Å². The minimum absolute atomic E-state index is 0.349. The lowest BCUT2D eigenvalue weighted by molar-refractivity contribution is 0.477. The number of thiophene rings is 1. The van der Waals surface area contributed by atoms with E-state index in [-0.39, 0.29) is 0 Å². The monoisotopic (exact) mass is 460 g/mol. The molecule has 0 radical (unpaired) electrons. The van der Waals surface area contributed by atoms with Crippen LogP contribution < -0.4 is 20.7 Å². The minimum atomic E-state index is -3.51. The van der Waals surface area contributed by atoms with Crippen molar-refractivity contribution in [1.29, 1.82) is 0 Å². The second-order valence-electron chi connectivity index (χ2n) is 8.63. The van der Waals surface area contributed by atoms with Crippen molar-refractivity contribution in [1.82, 2.24) is 15.3 Å². The number of aromatic nitrogens is 2. The number of rotatable bonds is 6. The van der Waals surface area contributed by atoms with Crippen molar-refractivity contribution in [3.8, 4) is 0 Å². The van der Waals surface area contributed by atoms with E-state index in [1.54, 1.807) is 44.2 Å². The number of piperidine rings is 1. The van der Waals surface area contributed by atoms with Crippen molar-refractivity contribution in [3.05, 3.63) is 35.7 Å². The molecule has 8 nitrogen and oxygen atoms in total. The molecule has 1 aliphatic rings. The van der Waals surface area contributed by atoms with Gasteiger partial charge in [-0.3, -0.25) is 4.72 Å². The molecule has 2 aromatic heterocycles. The molecule has 10 heteroatoms. The molecule has 3 heterocycles. The second kappa shape index (κ2) is 8.60. The van der Waals surface area contributed by atoms with Crippen LogP contribution in [0.15, 0.2) is 35.7 Å². The average molecular weight is 461 g/mol. The van der Waals surface area contributed by atoms with Gasteiger partial charge in [-0.15, -0.1) is 11.3 Å². The number of hydrogen-bond donors (Lipinski definition) is 4. The van der Waals surface area contributed by atoms with E-state index < -0.39 is 14.8 Å². The van der Waals surface area contributed by atoms with Crippen LogP contribution in [-0.2, 0) is 10.0 Å². The van der Waals surface area contributed by atoms with E-state index in [0.29, 0.717) is 23.5 Å². The Bertz CT molecular complexity index is 1160. The summed E-state index contributed by atoms with van der Waals surface area (Å²) in [6.07, 6.45) is 2.06. The molecule has 0 unspecified atom stereocenters. The molecule has 4 N–H and O–H groups in total. The van der Waals surface area contributed by atoms with E-state index in [2.05, 4.69) is 25.7 Å².